The van der Waals surface area contributed by atoms with Crippen molar-refractivity contribution in [2.24, 2.45) is 0 Å². The van der Waals surface area contributed by atoms with Gasteiger partial charge >= 0.3 is 0 Å². The highest BCUT2D eigenvalue weighted by atomic mass is 16.1. The molecule has 17 heavy (non-hydrogen) atoms. The molecule has 0 aliphatic heterocycles. The molecule has 2 aromatic heterocycles. The third-order valence-electron chi connectivity index (χ3n) is 2.59. The first-order valence-corrected chi connectivity index (χ1v) is 5.86. The van der Waals surface area contributed by atoms with Crippen LogP contribution in [0.15, 0.2) is 24.4 Å². The van der Waals surface area contributed by atoms with E-state index in [1.54, 1.807) is 0 Å². The molecule has 0 bridgehead atoms. The Morgan fingerprint density at radius 1 is 1.41 bits per heavy atom. The fourth-order valence-corrected chi connectivity index (χ4v) is 1.61. The largest absolute Gasteiger partial charge is 0.349 e. The van der Waals surface area contributed by atoms with Crippen molar-refractivity contribution in [3.8, 4) is 0 Å². The number of amides is 1. The van der Waals surface area contributed by atoms with Crippen LogP contribution in [0.2, 0.25) is 0 Å². The molecule has 2 heterocycles. The molecule has 0 aromatic carbocycles. The van der Waals surface area contributed by atoms with E-state index in [0.717, 1.165) is 24.3 Å². The van der Waals surface area contributed by atoms with Crippen LogP contribution < -0.4 is 5.32 Å². The van der Waals surface area contributed by atoms with Crippen molar-refractivity contribution >= 4 is 11.6 Å². The molecule has 0 saturated carbocycles. The molecule has 0 unspecified atom stereocenters. The predicted octanol–water partition coefficient (Wildman–Crippen LogP) is 1.54. The van der Waals surface area contributed by atoms with Crippen molar-refractivity contribution in [3.05, 3.63) is 30.2 Å². The predicted molar refractivity (Wildman–Crippen MR) is 64.4 cm³/mol. The Balaban J connectivity index is 1.97. The minimum absolute atomic E-state index is 0.0690. The molecule has 1 N–H and O–H groups in total. The van der Waals surface area contributed by atoms with Crippen molar-refractivity contribution in [2.75, 3.05) is 0 Å². The van der Waals surface area contributed by atoms with Gasteiger partial charge < -0.3 is 5.32 Å². The molecule has 0 radical (unpaired) electrons. The highest BCUT2D eigenvalue weighted by molar-refractivity contribution is 5.75. The first kappa shape index (κ1) is 11.6. The van der Waals surface area contributed by atoms with E-state index in [4.69, 9.17) is 0 Å². The van der Waals surface area contributed by atoms with E-state index in [2.05, 4.69) is 22.4 Å². The molecule has 90 valence electrons. The van der Waals surface area contributed by atoms with Crippen LogP contribution in [0.1, 0.15) is 32.0 Å². The number of pyridine rings is 1. The quantitative estimate of drug-likeness (QED) is 0.850. The highest BCUT2D eigenvalue weighted by Gasteiger charge is 2.06. The second-order valence-electron chi connectivity index (χ2n) is 3.93. The molecular formula is C12H16N4O. The minimum Gasteiger partial charge on any atom is -0.349 e. The lowest BCUT2D eigenvalue weighted by Gasteiger charge is -2.03. The molecule has 0 saturated heterocycles. The van der Waals surface area contributed by atoms with E-state index in [-0.39, 0.29) is 5.91 Å². The summed E-state index contributed by atoms with van der Waals surface area (Å²) in [4.78, 5) is 11.5. The van der Waals surface area contributed by atoms with E-state index >= 15 is 0 Å². The number of carbonyl (C=O) groups is 1. The normalized spacial score (nSPS) is 10.6. The summed E-state index contributed by atoms with van der Waals surface area (Å²) in [6.45, 7) is 2.49. The lowest BCUT2D eigenvalue weighted by Crippen LogP contribution is -2.23. The number of carbonyl (C=O) groups excluding carboxylic acids is 1. The maximum Gasteiger partial charge on any atom is 0.220 e. The monoisotopic (exact) mass is 232 g/mol. The van der Waals surface area contributed by atoms with Crippen molar-refractivity contribution in [3.63, 3.8) is 0 Å². The molecule has 0 spiro atoms. The van der Waals surface area contributed by atoms with Gasteiger partial charge in [0.2, 0.25) is 5.91 Å². The Bertz CT molecular complexity index is 506. The van der Waals surface area contributed by atoms with Gasteiger partial charge in [0.1, 0.15) is 0 Å². The number of hydrogen-bond donors (Lipinski definition) is 1. The van der Waals surface area contributed by atoms with Crippen molar-refractivity contribution in [2.45, 2.75) is 32.7 Å². The van der Waals surface area contributed by atoms with Gasteiger partial charge in [-0.1, -0.05) is 19.4 Å². The van der Waals surface area contributed by atoms with Gasteiger partial charge in [-0.05, 0) is 18.6 Å². The summed E-state index contributed by atoms with van der Waals surface area (Å²) in [5, 5.41) is 10.9. The summed E-state index contributed by atoms with van der Waals surface area (Å²) < 4.78 is 1.88. The third-order valence-corrected chi connectivity index (χ3v) is 2.59. The molecule has 0 fully saturated rings. The van der Waals surface area contributed by atoms with E-state index < -0.39 is 0 Å². The van der Waals surface area contributed by atoms with E-state index in [0.29, 0.717) is 13.0 Å². The maximum atomic E-state index is 11.5. The molecule has 5 heteroatoms. The van der Waals surface area contributed by atoms with Gasteiger partial charge in [-0.25, -0.2) is 0 Å². The van der Waals surface area contributed by atoms with Crippen LogP contribution in [0.4, 0.5) is 0 Å². The second kappa shape index (κ2) is 5.43. The van der Waals surface area contributed by atoms with Gasteiger partial charge in [-0.3, -0.25) is 9.20 Å². The number of fused-ring (bicyclic) bond motifs is 1. The number of nitrogens with zero attached hydrogens (tertiary/aromatic N) is 3. The smallest absolute Gasteiger partial charge is 0.220 e. The van der Waals surface area contributed by atoms with Crippen molar-refractivity contribution in [1.29, 1.82) is 0 Å². The van der Waals surface area contributed by atoms with E-state index in [1.807, 2.05) is 28.8 Å². The Hall–Kier alpha value is -1.91. The van der Waals surface area contributed by atoms with Gasteiger partial charge in [0.15, 0.2) is 11.5 Å². The van der Waals surface area contributed by atoms with Crippen LogP contribution in [0, 0.1) is 0 Å². The average Bonchev–Trinajstić information content (AvgIpc) is 2.77. The minimum atomic E-state index is 0.0690. The Morgan fingerprint density at radius 3 is 3.12 bits per heavy atom. The number of unbranched alkanes of at least 4 members (excludes halogenated alkanes) is 1. The van der Waals surface area contributed by atoms with Crippen LogP contribution in [-0.2, 0) is 11.3 Å². The summed E-state index contributed by atoms with van der Waals surface area (Å²) in [7, 11) is 0. The topological polar surface area (TPSA) is 59.3 Å². The van der Waals surface area contributed by atoms with E-state index in [9.17, 15) is 4.79 Å². The third kappa shape index (κ3) is 2.81. The lowest BCUT2D eigenvalue weighted by molar-refractivity contribution is -0.121. The van der Waals surface area contributed by atoms with Crippen LogP contribution in [0.5, 0.6) is 0 Å². The van der Waals surface area contributed by atoms with Gasteiger partial charge in [0.05, 0.1) is 6.54 Å². The molecular weight excluding hydrogens is 216 g/mol. The molecule has 0 aliphatic carbocycles. The standard InChI is InChI=1S/C12H16N4O/c1-2-3-7-12(17)13-9-11-15-14-10-6-4-5-8-16(10)11/h4-6,8H,2-3,7,9H2,1H3,(H,13,17). The Labute approximate surface area is 99.9 Å². The zero-order valence-corrected chi connectivity index (χ0v) is 9.89. The molecule has 2 rings (SSSR count). The summed E-state index contributed by atoms with van der Waals surface area (Å²) in [6, 6.07) is 5.71. The SMILES string of the molecule is CCCCC(=O)NCc1nnc2ccccn12. The van der Waals surface area contributed by atoms with Gasteiger partial charge in [-0.2, -0.15) is 0 Å². The summed E-state index contributed by atoms with van der Waals surface area (Å²) >= 11 is 0. The van der Waals surface area contributed by atoms with Crippen LogP contribution in [-0.4, -0.2) is 20.5 Å². The Morgan fingerprint density at radius 2 is 2.29 bits per heavy atom. The summed E-state index contributed by atoms with van der Waals surface area (Å²) in [6.07, 6.45) is 4.42. The van der Waals surface area contributed by atoms with E-state index in [1.165, 1.54) is 0 Å². The fourth-order valence-electron chi connectivity index (χ4n) is 1.61. The zero-order valence-electron chi connectivity index (χ0n) is 9.89. The molecule has 1 amide bonds. The summed E-state index contributed by atoms with van der Waals surface area (Å²) in [5.74, 6) is 0.824. The summed E-state index contributed by atoms with van der Waals surface area (Å²) in [5.41, 5.74) is 0.797. The zero-order chi connectivity index (χ0) is 12.1. The van der Waals surface area contributed by atoms with Gasteiger partial charge in [-0.15, -0.1) is 10.2 Å². The second-order valence-corrected chi connectivity index (χ2v) is 3.93. The van der Waals surface area contributed by atoms with Crippen molar-refractivity contribution in [1.82, 2.24) is 19.9 Å². The molecule has 0 aliphatic rings. The van der Waals surface area contributed by atoms with Crippen LogP contribution >= 0.6 is 0 Å². The fraction of sp³-hybridized carbons (Fsp3) is 0.417. The number of aromatic nitrogens is 3. The average molecular weight is 232 g/mol. The first-order chi connectivity index (χ1) is 8.31. The van der Waals surface area contributed by atoms with Crippen LogP contribution in [0.25, 0.3) is 5.65 Å². The molecule has 2 aromatic rings. The Kier molecular flexibility index (Phi) is 3.69. The first-order valence-electron chi connectivity index (χ1n) is 5.86. The van der Waals surface area contributed by atoms with Gasteiger partial charge in [0, 0.05) is 12.6 Å². The van der Waals surface area contributed by atoms with Gasteiger partial charge in [0.25, 0.3) is 0 Å². The van der Waals surface area contributed by atoms with Crippen molar-refractivity contribution < 1.29 is 4.79 Å². The lowest BCUT2D eigenvalue weighted by atomic mass is 10.2. The number of nitrogens with one attached hydrogen (secondary N) is 1. The molecule has 5 nitrogen and oxygen atoms in total. The maximum absolute atomic E-state index is 11.5. The number of rotatable bonds is 5. The number of hydrogen-bond acceptors (Lipinski definition) is 3. The highest BCUT2D eigenvalue weighted by Crippen LogP contribution is 2.02. The molecule has 0 atom stereocenters. The van der Waals surface area contributed by atoms with Crippen LogP contribution in [0.3, 0.4) is 0 Å².